The Morgan fingerprint density at radius 2 is 0.400 bits per heavy atom. The molecule has 12 N–H and O–H groups in total. The van der Waals surface area contributed by atoms with Crippen molar-refractivity contribution in [1.82, 2.24) is 0 Å². The minimum atomic E-state index is 0. The molecular weight excluding hydrogens is 153 g/mol. The van der Waals surface area contributed by atoms with Gasteiger partial charge >= 0.3 is 32.7 Å². The largest absolute Gasteiger partial charge is 3.00 e. The molecule has 0 amide bonds. The molecule has 0 heterocycles. The van der Waals surface area contributed by atoms with Crippen LogP contribution in [0.4, 0.5) is 0 Å². The van der Waals surface area contributed by atoms with E-state index in [1.807, 2.05) is 0 Å². The van der Waals surface area contributed by atoms with Crippen LogP contribution in [0.3, 0.4) is 0 Å². The molecule has 0 aliphatic carbocycles. The normalized spacial score (nSPS) is 0. The Morgan fingerprint density at radius 3 is 0.400 bits per heavy atom. The van der Waals surface area contributed by atoms with Crippen LogP contribution >= 0.6 is 0 Å². The van der Waals surface area contributed by atoms with Gasteiger partial charge in [0.1, 0.15) is 0 Å². The second-order valence-electron chi connectivity index (χ2n) is 0. The Labute approximate surface area is 54.7 Å². The van der Waals surface area contributed by atoms with Crippen LogP contribution in [0.2, 0.25) is 0 Å². The zero-order valence-electron chi connectivity index (χ0n) is 2.89. The predicted molar refractivity (Wildman–Crippen MR) is 19.5 cm³/mol. The zero-order chi connectivity index (χ0) is 0. The maximum atomic E-state index is 0. The summed E-state index contributed by atoms with van der Waals surface area (Å²) in [6.45, 7) is 0. The average molecular weight is 165 g/mol. The van der Waals surface area contributed by atoms with Gasteiger partial charge in [-0.3, -0.25) is 0 Å². The van der Waals surface area contributed by atoms with E-state index in [9.17, 15) is 0 Å². The summed E-state index contributed by atoms with van der Waals surface area (Å²) in [5.41, 5.74) is 0. The molecule has 0 fully saturated rings. The summed E-state index contributed by atoms with van der Waals surface area (Å²) in [7, 11) is 0. The molecule has 5 heteroatoms. The van der Waals surface area contributed by atoms with Crippen molar-refractivity contribution in [3.63, 3.8) is 0 Å². The molecule has 0 atom stereocenters. The summed E-state index contributed by atoms with van der Waals surface area (Å²) >= 11 is 0. The van der Waals surface area contributed by atoms with Crippen LogP contribution in [0.5, 0.6) is 0 Å². The van der Waals surface area contributed by atoms with Gasteiger partial charge in [-0.15, -0.1) is 0 Å². The minimum Gasteiger partial charge on any atom is -0.457 e. The van der Waals surface area contributed by atoms with Gasteiger partial charge in [-0.1, -0.05) is 0 Å². The Hall–Kier alpha value is 0.944. The van der Waals surface area contributed by atoms with Crippen molar-refractivity contribution in [3.8, 4) is 0 Å². The average Bonchev–Trinajstić information content (AvgIpc) is 0. The molecule has 0 saturated carbocycles. The summed E-state index contributed by atoms with van der Waals surface area (Å²) in [5.74, 6) is 0. The molecule has 32 valence electrons. The van der Waals surface area contributed by atoms with E-state index in [4.69, 9.17) is 0 Å². The van der Waals surface area contributed by atoms with E-state index in [0.29, 0.717) is 0 Å². The Bertz CT molecular complexity index is 3.61. The Kier molecular flexibility index (Phi) is 2810. The van der Waals surface area contributed by atoms with Crippen LogP contribution in [-0.2, 0) is 54.6 Å². The molecule has 0 aromatic heterocycles. The molecule has 0 unspecified atom stereocenters. The van der Waals surface area contributed by atoms with Crippen LogP contribution in [0.1, 0.15) is 0 Å². The SMILES string of the molecule is [OH3+].[OH3+].[OH3+].[OH3+].[Y+3]. The van der Waals surface area contributed by atoms with Gasteiger partial charge in [-0.2, -0.15) is 0 Å². The van der Waals surface area contributed by atoms with Crippen LogP contribution in [-0.4, -0.2) is 0 Å². The third kappa shape index (κ3) is 48.1. The molecule has 0 rings (SSSR count). The van der Waals surface area contributed by atoms with Gasteiger partial charge in [0, 0.05) is 0 Å². The first-order valence-corrected chi connectivity index (χ1v) is 0. The van der Waals surface area contributed by atoms with Crippen molar-refractivity contribution >= 4 is 0 Å². The second kappa shape index (κ2) is 86.3. The first kappa shape index (κ1) is 163. The molecule has 0 saturated heterocycles. The monoisotopic (exact) mass is 165 g/mol. The molecule has 0 spiro atoms. The fraction of sp³-hybridized carbons (Fsp3) is 0. The van der Waals surface area contributed by atoms with Gasteiger partial charge in [0.15, 0.2) is 0 Å². The fourth-order valence-corrected chi connectivity index (χ4v) is 0. The van der Waals surface area contributed by atoms with Crippen molar-refractivity contribution in [1.29, 1.82) is 0 Å². The van der Waals surface area contributed by atoms with Crippen molar-refractivity contribution in [2.45, 2.75) is 0 Å². The second-order valence-corrected chi connectivity index (χ2v) is 0. The molecule has 0 aliphatic rings. The topological polar surface area (TPSA) is 132 Å². The van der Waals surface area contributed by atoms with E-state index in [2.05, 4.69) is 0 Å². The smallest absolute Gasteiger partial charge is 0.457 e. The van der Waals surface area contributed by atoms with Crippen LogP contribution in [0, 0.1) is 0 Å². The maximum Gasteiger partial charge on any atom is 3.00 e. The van der Waals surface area contributed by atoms with E-state index >= 15 is 0 Å². The van der Waals surface area contributed by atoms with E-state index in [-0.39, 0.29) is 54.6 Å². The van der Waals surface area contributed by atoms with Crippen molar-refractivity contribution in [3.05, 3.63) is 0 Å². The molecular formula is H12O4Y+7. The maximum absolute atomic E-state index is 0. The summed E-state index contributed by atoms with van der Waals surface area (Å²) in [6, 6.07) is 0. The summed E-state index contributed by atoms with van der Waals surface area (Å²) in [6.07, 6.45) is 0. The van der Waals surface area contributed by atoms with E-state index in [1.165, 1.54) is 0 Å². The van der Waals surface area contributed by atoms with E-state index < -0.39 is 0 Å². The number of hydrogen-bond donors (Lipinski definition) is 0. The summed E-state index contributed by atoms with van der Waals surface area (Å²) < 4.78 is 0. The van der Waals surface area contributed by atoms with Gasteiger partial charge in [-0.05, 0) is 0 Å². The number of hydrogen-bond acceptors (Lipinski definition) is 0. The molecule has 0 bridgehead atoms. The fourth-order valence-electron chi connectivity index (χ4n) is 0. The van der Waals surface area contributed by atoms with E-state index in [1.54, 1.807) is 0 Å². The van der Waals surface area contributed by atoms with Gasteiger partial charge in [0.05, 0.1) is 0 Å². The molecule has 0 aliphatic heterocycles. The standard InChI is InChI=1S/4H2O.Y/h4*1H2;/q;;;;+3/p+4. The summed E-state index contributed by atoms with van der Waals surface area (Å²) in [5, 5.41) is 0. The molecule has 0 radical (unpaired) electrons. The van der Waals surface area contributed by atoms with Crippen LogP contribution in [0.15, 0.2) is 0 Å². The Morgan fingerprint density at radius 1 is 0.400 bits per heavy atom. The van der Waals surface area contributed by atoms with Gasteiger partial charge in [-0.25, -0.2) is 0 Å². The number of rotatable bonds is 0. The molecule has 0 aromatic rings. The van der Waals surface area contributed by atoms with Crippen LogP contribution in [0.25, 0.3) is 0 Å². The first-order chi connectivity index (χ1) is 0. The zero-order valence-corrected chi connectivity index (χ0v) is 5.73. The third-order valence-corrected chi connectivity index (χ3v) is 0. The van der Waals surface area contributed by atoms with Gasteiger partial charge < -0.3 is 21.9 Å². The minimum absolute atomic E-state index is 0. The molecule has 4 nitrogen and oxygen atoms in total. The van der Waals surface area contributed by atoms with Gasteiger partial charge in [0.25, 0.3) is 0 Å². The predicted octanol–water partition coefficient (Wildman–Crippen LogP) is -3.69. The Balaban J connectivity index is 0. The van der Waals surface area contributed by atoms with Crippen molar-refractivity contribution in [2.75, 3.05) is 0 Å². The molecule has 5 heavy (non-hydrogen) atoms. The van der Waals surface area contributed by atoms with Crippen molar-refractivity contribution < 1.29 is 54.6 Å². The van der Waals surface area contributed by atoms with Crippen LogP contribution < -0.4 is 0 Å². The third-order valence-electron chi connectivity index (χ3n) is 0. The first-order valence-electron chi connectivity index (χ1n) is 0. The van der Waals surface area contributed by atoms with E-state index in [0.717, 1.165) is 0 Å². The van der Waals surface area contributed by atoms with Crippen molar-refractivity contribution in [2.24, 2.45) is 0 Å². The van der Waals surface area contributed by atoms with Gasteiger partial charge in [0.2, 0.25) is 0 Å². The quantitative estimate of drug-likeness (QED) is 0.327. The molecule has 0 aromatic carbocycles. The summed E-state index contributed by atoms with van der Waals surface area (Å²) in [4.78, 5) is 0.